The van der Waals surface area contributed by atoms with Crippen LogP contribution in [0.25, 0.3) is 0 Å². The SMILES string of the molecule is CCCNc1nc(N)c(C(=O)NCC(C)(C)CC)s1. The van der Waals surface area contributed by atoms with Gasteiger partial charge in [0.2, 0.25) is 0 Å². The topological polar surface area (TPSA) is 80.0 Å². The van der Waals surface area contributed by atoms with Gasteiger partial charge in [0.05, 0.1) is 0 Å². The summed E-state index contributed by atoms with van der Waals surface area (Å²) in [4.78, 5) is 16.7. The largest absolute Gasteiger partial charge is 0.382 e. The quantitative estimate of drug-likeness (QED) is 0.719. The molecule has 108 valence electrons. The predicted octanol–water partition coefficient (Wildman–Crippen LogP) is 2.71. The summed E-state index contributed by atoms with van der Waals surface area (Å²) in [7, 11) is 0. The Morgan fingerprint density at radius 2 is 2.11 bits per heavy atom. The van der Waals surface area contributed by atoms with Gasteiger partial charge in [0, 0.05) is 13.1 Å². The number of nitrogens with one attached hydrogen (secondary N) is 2. The normalized spacial score (nSPS) is 11.4. The second kappa shape index (κ2) is 6.75. The van der Waals surface area contributed by atoms with Crippen LogP contribution < -0.4 is 16.4 Å². The van der Waals surface area contributed by atoms with Gasteiger partial charge >= 0.3 is 0 Å². The first-order valence-corrected chi connectivity index (χ1v) is 7.49. The molecular formula is C13H24N4OS. The van der Waals surface area contributed by atoms with E-state index in [1.165, 1.54) is 11.3 Å². The van der Waals surface area contributed by atoms with Gasteiger partial charge in [-0.15, -0.1) is 0 Å². The maximum absolute atomic E-state index is 12.1. The van der Waals surface area contributed by atoms with E-state index in [2.05, 4.69) is 43.3 Å². The van der Waals surface area contributed by atoms with E-state index in [0.29, 0.717) is 22.4 Å². The molecule has 6 heteroatoms. The van der Waals surface area contributed by atoms with E-state index in [1.807, 2.05) is 0 Å². The van der Waals surface area contributed by atoms with E-state index >= 15 is 0 Å². The van der Waals surface area contributed by atoms with E-state index in [1.54, 1.807) is 0 Å². The number of hydrogen-bond donors (Lipinski definition) is 3. The first-order valence-electron chi connectivity index (χ1n) is 6.68. The highest BCUT2D eigenvalue weighted by atomic mass is 32.1. The van der Waals surface area contributed by atoms with Crippen molar-refractivity contribution in [3.63, 3.8) is 0 Å². The van der Waals surface area contributed by atoms with E-state index in [9.17, 15) is 4.79 Å². The Morgan fingerprint density at radius 3 is 2.68 bits per heavy atom. The molecule has 0 unspecified atom stereocenters. The number of nitrogens with two attached hydrogens (primary N) is 1. The Balaban J connectivity index is 2.64. The molecule has 0 aromatic carbocycles. The molecule has 0 bridgehead atoms. The maximum Gasteiger partial charge on any atom is 0.265 e. The van der Waals surface area contributed by atoms with Crippen molar-refractivity contribution < 1.29 is 4.79 Å². The maximum atomic E-state index is 12.1. The van der Waals surface area contributed by atoms with Gasteiger partial charge in [0.1, 0.15) is 10.7 Å². The Bertz CT molecular complexity index is 428. The molecule has 1 amide bonds. The average molecular weight is 284 g/mol. The third-order valence-corrected chi connectivity index (χ3v) is 4.10. The van der Waals surface area contributed by atoms with Crippen molar-refractivity contribution in [3.8, 4) is 0 Å². The van der Waals surface area contributed by atoms with Crippen molar-refractivity contribution in [2.45, 2.75) is 40.5 Å². The highest BCUT2D eigenvalue weighted by Crippen LogP contribution is 2.25. The van der Waals surface area contributed by atoms with Gasteiger partial charge in [0.25, 0.3) is 5.91 Å². The molecule has 5 nitrogen and oxygen atoms in total. The van der Waals surface area contributed by atoms with Crippen LogP contribution in [0.3, 0.4) is 0 Å². The van der Waals surface area contributed by atoms with Gasteiger partial charge in [-0.25, -0.2) is 4.98 Å². The van der Waals surface area contributed by atoms with E-state index in [4.69, 9.17) is 5.73 Å². The molecular weight excluding hydrogens is 260 g/mol. The van der Waals surface area contributed by atoms with E-state index < -0.39 is 0 Å². The fourth-order valence-corrected chi connectivity index (χ4v) is 2.15. The number of rotatable bonds is 7. The summed E-state index contributed by atoms with van der Waals surface area (Å²) < 4.78 is 0. The third kappa shape index (κ3) is 4.70. The van der Waals surface area contributed by atoms with Crippen molar-refractivity contribution in [1.29, 1.82) is 0 Å². The van der Waals surface area contributed by atoms with Crippen LogP contribution in [0, 0.1) is 5.41 Å². The van der Waals surface area contributed by atoms with Crippen molar-refractivity contribution in [3.05, 3.63) is 4.88 Å². The van der Waals surface area contributed by atoms with Crippen LogP contribution in [-0.4, -0.2) is 24.0 Å². The lowest BCUT2D eigenvalue weighted by atomic mass is 9.90. The van der Waals surface area contributed by atoms with Gasteiger partial charge in [-0.2, -0.15) is 0 Å². The Labute approximate surface area is 119 Å². The second-order valence-electron chi connectivity index (χ2n) is 5.36. The first kappa shape index (κ1) is 15.8. The number of nitrogens with zero attached hydrogens (tertiary/aromatic N) is 1. The van der Waals surface area contributed by atoms with Crippen LogP contribution in [-0.2, 0) is 0 Å². The number of aromatic nitrogens is 1. The average Bonchev–Trinajstić information content (AvgIpc) is 2.75. The lowest BCUT2D eigenvalue weighted by molar-refractivity contribution is 0.0940. The van der Waals surface area contributed by atoms with Gasteiger partial charge in [-0.05, 0) is 18.3 Å². The van der Waals surface area contributed by atoms with Crippen LogP contribution in [0.5, 0.6) is 0 Å². The van der Waals surface area contributed by atoms with E-state index in [0.717, 1.165) is 19.4 Å². The highest BCUT2D eigenvalue weighted by Gasteiger charge is 2.20. The van der Waals surface area contributed by atoms with Gasteiger partial charge < -0.3 is 16.4 Å². The molecule has 1 rings (SSSR count). The highest BCUT2D eigenvalue weighted by molar-refractivity contribution is 7.18. The summed E-state index contributed by atoms with van der Waals surface area (Å²) >= 11 is 1.31. The molecule has 4 N–H and O–H groups in total. The van der Waals surface area contributed by atoms with Crippen molar-refractivity contribution in [1.82, 2.24) is 10.3 Å². The molecule has 0 radical (unpaired) electrons. The first-order chi connectivity index (χ1) is 8.89. The summed E-state index contributed by atoms with van der Waals surface area (Å²) in [5.41, 5.74) is 5.88. The molecule has 1 aromatic heterocycles. The zero-order valence-electron chi connectivity index (χ0n) is 12.2. The molecule has 1 aromatic rings. The molecule has 0 aliphatic heterocycles. The summed E-state index contributed by atoms with van der Waals surface area (Å²) in [6.45, 7) is 9.90. The Hall–Kier alpha value is -1.30. The molecule has 1 heterocycles. The minimum absolute atomic E-state index is 0.0956. The van der Waals surface area contributed by atoms with Gasteiger partial charge in [-0.3, -0.25) is 4.79 Å². The number of thiazole rings is 1. The number of carbonyl (C=O) groups excluding carboxylic acids is 1. The molecule has 0 fully saturated rings. The third-order valence-electron chi connectivity index (χ3n) is 3.07. The minimum Gasteiger partial charge on any atom is -0.382 e. The van der Waals surface area contributed by atoms with Crippen molar-refractivity contribution in [2.75, 3.05) is 24.1 Å². The molecule has 0 saturated heterocycles. The summed E-state index contributed by atoms with van der Waals surface area (Å²) in [6, 6.07) is 0. The minimum atomic E-state index is -0.138. The fraction of sp³-hybridized carbons (Fsp3) is 0.692. The van der Waals surface area contributed by atoms with Crippen LogP contribution in [0.2, 0.25) is 0 Å². The lowest BCUT2D eigenvalue weighted by Gasteiger charge is -2.22. The van der Waals surface area contributed by atoms with Crippen LogP contribution >= 0.6 is 11.3 Å². The smallest absolute Gasteiger partial charge is 0.265 e. The summed E-state index contributed by atoms with van der Waals surface area (Å²) in [5.74, 6) is 0.163. The summed E-state index contributed by atoms with van der Waals surface area (Å²) in [6.07, 6.45) is 2.01. The fourth-order valence-electron chi connectivity index (χ4n) is 1.33. The monoisotopic (exact) mass is 284 g/mol. The van der Waals surface area contributed by atoms with Crippen molar-refractivity contribution >= 4 is 28.2 Å². The summed E-state index contributed by atoms with van der Waals surface area (Å²) in [5, 5.41) is 6.77. The standard InChI is InChI=1S/C13H24N4OS/c1-5-7-15-12-17-10(14)9(19-12)11(18)16-8-13(3,4)6-2/h5-8,14H2,1-4H3,(H,15,17)(H,16,18). The van der Waals surface area contributed by atoms with Crippen LogP contribution in [0.4, 0.5) is 10.9 Å². The van der Waals surface area contributed by atoms with Gasteiger partial charge in [0.15, 0.2) is 5.13 Å². The van der Waals surface area contributed by atoms with Crippen LogP contribution in [0.1, 0.15) is 50.2 Å². The van der Waals surface area contributed by atoms with Crippen molar-refractivity contribution in [2.24, 2.45) is 5.41 Å². The molecule has 19 heavy (non-hydrogen) atoms. The zero-order valence-corrected chi connectivity index (χ0v) is 13.0. The molecule has 0 saturated carbocycles. The lowest BCUT2D eigenvalue weighted by Crippen LogP contribution is -2.33. The molecule has 0 aliphatic carbocycles. The number of carbonyl (C=O) groups is 1. The number of anilines is 2. The second-order valence-corrected chi connectivity index (χ2v) is 6.36. The van der Waals surface area contributed by atoms with E-state index in [-0.39, 0.29) is 11.3 Å². The van der Waals surface area contributed by atoms with Gasteiger partial charge in [-0.1, -0.05) is 39.0 Å². The molecule has 0 spiro atoms. The molecule has 0 atom stereocenters. The number of amides is 1. The Morgan fingerprint density at radius 1 is 1.42 bits per heavy atom. The number of nitrogen functional groups attached to an aromatic ring is 1. The molecule has 0 aliphatic rings. The number of hydrogen-bond acceptors (Lipinski definition) is 5. The zero-order chi connectivity index (χ0) is 14.5. The van der Waals surface area contributed by atoms with Crippen LogP contribution in [0.15, 0.2) is 0 Å². The Kier molecular flexibility index (Phi) is 5.60. The predicted molar refractivity (Wildman–Crippen MR) is 81.7 cm³/mol.